The minimum atomic E-state index is -1.21. The van der Waals surface area contributed by atoms with Gasteiger partial charge in [-0.2, -0.15) is 0 Å². The van der Waals surface area contributed by atoms with Crippen LogP contribution in [0.15, 0.2) is 0 Å². The fourth-order valence-corrected chi connectivity index (χ4v) is 4.88. The molecule has 2 amide bonds. The second-order valence-electron chi connectivity index (χ2n) is 10.4. The van der Waals surface area contributed by atoms with Crippen LogP contribution in [0.25, 0.3) is 0 Å². The number of hydrogen-bond donors (Lipinski definition) is 3. The van der Waals surface area contributed by atoms with Crippen molar-refractivity contribution >= 4 is 11.8 Å². The van der Waals surface area contributed by atoms with E-state index in [4.69, 9.17) is 9.47 Å². The number of nitrogens with zero attached hydrogens (tertiary/aromatic N) is 3. The topological polar surface area (TPSA) is 123 Å². The smallest absolute Gasteiger partial charge is 0.237 e. The molecule has 0 spiro atoms. The van der Waals surface area contributed by atoms with Crippen LogP contribution < -0.4 is 0 Å². The lowest BCUT2D eigenvalue weighted by atomic mass is 10.00. The average Bonchev–Trinajstić information content (AvgIpc) is 2.80. The number of amides is 2. The van der Waals surface area contributed by atoms with Gasteiger partial charge in [-0.1, -0.05) is 13.8 Å². The quantitative estimate of drug-likeness (QED) is 0.484. The number of aliphatic hydroxyl groups is 3. The normalized spacial score (nSPS) is 29.3. The molecule has 0 aromatic heterocycles. The lowest BCUT2D eigenvalue weighted by Crippen LogP contribution is -2.55. The van der Waals surface area contributed by atoms with E-state index in [0.717, 1.165) is 12.8 Å². The third kappa shape index (κ3) is 9.93. The van der Waals surface area contributed by atoms with Gasteiger partial charge >= 0.3 is 0 Å². The van der Waals surface area contributed by atoms with Gasteiger partial charge in [-0.05, 0) is 38.0 Å². The summed E-state index contributed by atoms with van der Waals surface area (Å²) in [7, 11) is 1.44. The van der Waals surface area contributed by atoms with Crippen molar-refractivity contribution in [2.24, 2.45) is 5.92 Å². The van der Waals surface area contributed by atoms with E-state index in [1.165, 1.54) is 14.0 Å². The molecule has 0 aromatic rings. The van der Waals surface area contributed by atoms with Crippen molar-refractivity contribution in [1.29, 1.82) is 0 Å². The lowest BCUT2D eigenvalue weighted by Gasteiger charge is -2.39. The van der Waals surface area contributed by atoms with Gasteiger partial charge in [0.15, 0.2) is 0 Å². The van der Waals surface area contributed by atoms with Gasteiger partial charge in [0, 0.05) is 59.4 Å². The van der Waals surface area contributed by atoms with Crippen molar-refractivity contribution in [2.75, 3.05) is 59.6 Å². The Balaban J connectivity index is 2.27. The van der Waals surface area contributed by atoms with Crippen LogP contribution in [0.1, 0.15) is 52.9 Å². The number of piperidine rings is 1. The number of rotatable bonds is 5. The standard InChI is InChI=1S/C25H47N3O7/c1-18(2)13-20-14-27(19(3)29)15-23(34-4)25(33)22(31)17-35-12-6-5-9-28(20)24(32)16-26-10-7-21(30)8-11-26/h18,20-23,25,30-31,33H,5-17H2,1-4H3/t20-,22+,23+,25+/m0/s1. The zero-order chi connectivity index (χ0) is 26.0. The van der Waals surface area contributed by atoms with Gasteiger partial charge in [0.25, 0.3) is 0 Å². The highest BCUT2D eigenvalue weighted by Gasteiger charge is 2.33. The molecule has 10 nitrogen and oxygen atoms in total. The van der Waals surface area contributed by atoms with Gasteiger partial charge in [-0.3, -0.25) is 14.5 Å². The Labute approximate surface area is 210 Å². The van der Waals surface area contributed by atoms with Gasteiger partial charge in [0.1, 0.15) is 18.3 Å². The zero-order valence-electron chi connectivity index (χ0n) is 22.0. The van der Waals surface area contributed by atoms with E-state index in [-0.39, 0.29) is 37.1 Å². The van der Waals surface area contributed by atoms with E-state index in [1.807, 2.05) is 4.90 Å². The first kappa shape index (κ1) is 29.9. The second kappa shape index (κ2) is 15.1. The number of ether oxygens (including phenoxy) is 2. The van der Waals surface area contributed by atoms with Crippen molar-refractivity contribution in [2.45, 2.75) is 83.3 Å². The number of carbonyl (C=O) groups is 2. The van der Waals surface area contributed by atoms with Gasteiger partial charge in [-0.25, -0.2) is 0 Å². The van der Waals surface area contributed by atoms with Crippen LogP contribution in [0, 0.1) is 5.92 Å². The van der Waals surface area contributed by atoms with E-state index in [9.17, 15) is 24.9 Å². The van der Waals surface area contributed by atoms with E-state index in [1.54, 1.807) is 4.90 Å². The van der Waals surface area contributed by atoms with Crippen molar-refractivity contribution in [3.63, 3.8) is 0 Å². The lowest BCUT2D eigenvalue weighted by molar-refractivity contribution is -0.143. The van der Waals surface area contributed by atoms with Crippen LogP contribution in [-0.4, -0.2) is 132 Å². The molecule has 3 N–H and O–H groups in total. The molecule has 0 radical (unpaired) electrons. The van der Waals surface area contributed by atoms with Crippen molar-refractivity contribution < 1.29 is 34.4 Å². The Kier molecular flexibility index (Phi) is 12.9. The van der Waals surface area contributed by atoms with E-state index in [2.05, 4.69) is 18.7 Å². The summed E-state index contributed by atoms with van der Waals surface area (Å²) in [5.74, 6) is 0.160. The molecule has 0 aliphatic carbocycles. The summed E-state index contributed by atoms with van der Waals surface area (Å²) >= 11 is 0. The average molecular weight is 502 g/mol. The minimum Gasteiger partial charge on any atom is -0.393 e. The Morgan fingerprint density at radius 3 is 2.34 bits per heavy atom. The third-order valence-electron chi connectivity index (χ3n) is 7.00. The fraction of sp³-hybridized carbons (Fsp3) is 0.920. The molecule has 2 aliphatic rings. The number of carbonyl (C=O) groups excluding carboxylic acids is 2. The molecule has 0 saturated carbocycles. The first-order valence-electron chi connectivity index (χ1n) is 13.0. The zero-order valence-corrected chi connectivity index (χ0v) is 22.0. The number of hydrogen-bond acceptors (Lipinski definition) is 8. The van der Waals surface area contributed by atoms with Crippen LogP contribution in [0.3, 0.4) is 0 Å². The summed E-state index contributed by atoms with van der Waals surface area (Å²) in [6.07, 6.45) is 0.105. The summed E-state index contributed by atoms with van der Waals surface area (Å²) in [6.45, 7) is 8.74. The Morgan fingerprint density at radius 2 is 1.74 bits per heavy atom. The van der Waals surface area contributed by atoms with Gasteiger partial charge in [0.05, 0.1) is 19.3 Å². The Hall–Kier alpha value is -1.30. The minimum absolute atomic E-state index is 0.0273. The van der Waals surface area contributed by atoms with E-state index in [0.29, 0.717) is 64.5 Å². The summed E-state index contributed by atoms with van der Waals surface area (Å²) in [5, 5.41) is 30.8. The summed E-state index contributed by atoms with van der Waals surface area (Å²) in [6, 6.07) is -0.190. The molecule has 0 unspecified atom stereocenters. The molecule has 2 aliphatic heterocycles. The maximum atomic E-state index is 13.6. The molecule has 204 valence electrons. The summed E-state index contributed by atoms with van der Waals surface area (Å²) in [5.41, 5.74) is 0. The highest BCUT2D eigenvalue weighted by Crippen LogP contribution is 2.19. The Morgan fingerprint density at radius 1 is 1.06 bits per heavy atom. The first-order valence-corrected chi connectivity index (χ1v) is 13.0. The first-order chi connectivity index (χ1) is 16.6. The number of aliphatic hydroxyl groups excluding tert-OH is 3. The predicted molar refractivity (Wildman–Crippen MR) is 132 cm³/mol. The SMILES string of the molecule is CO[C@@H]1CN(C(C)=O)C[C@H](CC(C)C)N(C(=O)CN2CCC(O)CC2)CCCCOC[C@@H](O)[C@H]1O. The van der Waals surface area contributed by atoms with Crippen LogP contribution in [-0.2, 0) is 19.1 Å². The van der Waals surface area contributed by atoms with Crippen LogP contribution in [0.4, 0.5) is 0 Å². The van der Waals surface area contributed by atoms with E-state index < -0.39 is 18.3 Å². The molecule has 2 saturated heterocycles. The molecule has 4 atom stereocenters. The van der Waals surface area contributed by atoms with E-state index >= 15 is 0 Å². The molecule has 0 aromatic carbocycles. The predicted octanol–water partition coefficient (Wildman–Crippen LogP) is 0.0821. The summed E-state index contributed by atoms with van der Waals surface area (Å²) in [4.78, 5) is 31.8. The van der Waals surface area contributed by atoms with Crippen molar-refractivity contribution in [3.8, 4) is 0 Å². The maximum absolute atomic E-state index is 13.6. The third-order valence-corrected chi connectivity index (χ3v) is 7.00. The van der Waals surface area contributed by atoms with Crippen molar-refractivity contribution in [1.82, 2.24) is 14.7 Å². The molecule has 10 heteroatoms. The molecule has 35 heavy (non-hydrogen) atoms. The highest BCUT2D eigenvalue weighted by atomic mass is 16.5. The van der Waals surface area contributed by atoms with Crippen LogP contribution in [0.5, 0.6) is 0 Å². The molecule has 2 rings (SSSR count). The summed E-state index contributed by atoms with van der Waals surface area (Å²) < 4.78 is 11.0. The number of likely N-dealkylation sites (tertiary alicyclic amines) is 1. The molecule has 2 heterocycles. The molecule has 0 bridgehead atoms. The largest absolute Gasteiger partial charge is 0.393 e. The molecular formula is C25H47N3O7. The number of methoxy groups -OCH3 is 1. The van der Waals surface area contributed by atoms with Crippen LogP contribution >= 0.6 is 0 Å². The van der Waals surface area contributed by atoms with Gasteiger partial charge in [0.2, 0.25) is 11.8 Å². The second-order valence-corrected chi connectivity index (χ2v) is 10.4. The van der Waals surface area contributed by atoms with Gasteiger partial charge < -0.3 is 34.6 Å². The highest BCUT2D eigenvalue weighted by molar-refractivity contribution is 5.79. The van der Waals surface area contributed by atoms with Gasteiger partial charge in [-0.15, -0.1) is 0 Å². The molecular weight excluding hydrogens is 454 g/mol. The Bertz CT molecular complexity index is 643. The monoisotopic (exact) mass is 501 g/mol. The van der Waals surface area contributed by atoms with Crippen LogP contribution in [0.2, 0.25) is 0 Å². The molecule has 2 fully saturated rings. The fourth-order valence-electron chi connectivity index (χ4n) is 4.88. The van der Waals surface area contributed by atoms with Crippen molar-refractivity contribution in [3.05, 3.63) is 0 Å². The maximum Gasteiger partial charge on any atom is 0.237 e.